The van der Waals surface area contributed by atoms with Crippen LogP contribution in [0.4, 0.5) is 4.39 Å². The molecular formula is C17H21FN2O. The highest BCUT2D eigenvalue weighted by Gasteiger charge is 2.14. The van der Waals surface area contributed by atoms with Gasteiger partial charge in [0, 0.05) is 0 Å². The summed E-state index contributed by atoms with van der Waals surface area (Å²) in [4.78, 5) is 0. The van der Waals surface area contributed by atoms with Gasteiger partial charge in [-0.25, -0.2) is 9.82 Å². The molecule has 3 N–H and O–H groups in total. The third-order valence-electron chi connectivity index (χ3n) is 3.35. The Morgan fingerprint density at radius 1 is 1.19 bits per heavy atom. The second-order valence-corrected chi connectivity index (χ2v) is 5.03. The monoisotopic (exact) mass is 288 g/mol. The lowest BCUT2D eigenvalue weighted by molar-refractivity contribution is 0.317. The number of halogens is 1. The van der Waals surface area contributed by atoms with Crippen molar-refractivity contribution in [1.29, 1.82) is 0 Å². The molecule has 0 fully saturated rings. The first kappa shape index (κ1) is 15.5. The molecule has 112 valence electrons. The number of aryl methyl sites for hydroxylation is 1. The van der Waals surface area contributed by atoms with E-state index in [-0.39, 0.29) is 11.9 Å². The summed E-state index contributed by atoms with van der Waals surface area (Å²) in [5.41, 5.74) is 5.29. The average Bonchev–Trinajstić information content (AvgIpc) is 2.50. The highest BCUT2D eigenvalue weighted by atomic mass is 19.1. The van der Waals surface area contributed by atoms with E-state index in [1.807, 2.05) is 24.3 Å². The van der Waals surface area contributed by atoms with E-state index in [0.717, 1.165) is 23.3 Å². The van der Waals surface area contributed by atoms with Gasteiger partial charge in [-0.1, -0.05) is 31.2 Å². The van der Waals surface area contributed by atoms with Crippen LogP contribution in [0.2, 0.25) is 0 Å². The van der Waals surface area contributed by atoms with Gasteiger partial charge in [-0.3, -0.25) is 5.84 Å². The van der Waals surface area contributed by atoms with Crippen LogP contribution in [0.3, 0.4) is 0 Å². The molecule has 0 amide bonds. The highest BCUT2D eigenvalue weighted by Crippen LogP contribution is 2.26. The van der Waals surface area contributed by atoms with Crippen molar-refractivity contribution in [2.24, 2.45) is 5.84 Å². The summed E-state index contributed by atoms with van der Waals surface area (Å²) in [5.74, 6) is 6.29. The first-order valence-electron chi connectivity index (χ1n) is 7.10. The first-order chi connectivity index (χ1) is 10.2. The molecule has 0 aliphatic carbocycles. The van der Waals surface area contributed by atoms with Crippen molar-refractivity contribution >= 4 is 0 Å². The molecule has 4 heteroatoms. The van der Waals surface area contributed by atoms with Gasteiger partial charge >= 0.3 is 0 Å². The van der Waals surface area contributed by atoms with E-state index in [2.05, 4.69) is 12.3 Å². The maximum atomic E-state index is 13.4. The van der Waals surface area contributed by atoms with E-state index < -0.39 is 0 Å². The number of benzene rings is 2. The largest absolute Gasteiger partial charge is 0.494 e. The molecule has 0 heterocycles. The molecule has 21 heavy (non-hydrogen) atoms. The Bertz CT molecular complexity index is 601. The molecule has 1 atom stereocenters. The Balaban J connectivity index is 2.30. The van der Waals surface area contributed by atoms with Crippen molar-refractivity contribution in [3.8, 4) is 5.75 Å². The van der Waals surface area contributed by atoms with Gasteiger partial charge in [0.25, 0.3) is 0 Å². The third-order valence-corrected chi connectivity index (χ3v) is 3.35. The Kier molecular flexibility index (Phi) is 5.31. The zero-order valence-electron chi connectivity index (χ0n) is 12.4. The lowest BCUT2D eigenvalue weighted by Crippen LogP contribution is -2.29. The standard InChI is InChI=1S/C17H21FN2O/c1-3-9-21-15-6-4-5-13(11-15)17(20-19)14-7-8-16(18)12(2)10-14/h4-8,10-11,17,20H,3,9,19H2,1-2H3. The van der Waals surface area contributed by atoms with Crippen LogP contribution in [0, 0.1) is 12.7 Å². The molecule has 0 saturated carbocycles. The van der Waals surface area contributed by atoms with Crippen LogP contribution in [0.25, 0.3) is 0 Å². The summed E-state index contributed by atoms with van der Waals surface area (Å²) in [6.45, 7) is 4.49. The van der Waals surface area contributed by atoms with Crippen molar-refractivity contribution in [2.45, 2.75) is 26.3 Å². The van der Waals surface area contributed by atoms with Gasteiger partial charge in [-0.15, -0.1) is 0 Å². The Hall–Kier alpha value is -1.91. The zero-order chi connectivity index (χ0) is 15.2. The summed E-state index contributed by atoms with van der Waals surface area (Å²) < 4.78 is 19.0. The number of nitrogens with two attached hydrogens (primary N) is 1. The molecule has 2 aromatic rings. The maximum absolute atomic E-state index is 13.4. The van der Waals surface area contributed by atoms with Crippen molar-refractivity contribution < 1.29 is 9.13 Å². The zero-order valence-corrected chi connectivity index (χ0v) is 12.4. The van der Waals surface area contributed by atoms with Crippen LogP contribution < -0.4 is 16.0 Å². The predicted octanol–water partition coefficient (Wildman–Crippen LogP) is 3.48. The number of hydrogen-bond donors (Lipinski definition) is 2. The summed E-state index contributed by atoms with van der Waals surface area (Å²) in [6.07, 6.45) is 0.958. The summed E-state index contributed by atoms with van der Waals surface area (Å²) >= 11 is 0. The Labute approximate surface area is 124 Å². The van der Waals surface area contributed by atoms with E-state index in [4.69, 9.17) is 10.6 Å². The molecule has 0 bridgehead atoms. The van der Waals surface area contributed by atoms with E-state index in [9.17, 15) is 4.39 Å². The van der Waals surface area contributed by atoms with Gasteiger partial charge in [0.15, 0.2) is 0 Å². The van der Waals surface area contributed by atoms with E-state index in [1.54, 1.807) is 19.1 Å². The van der Waals surface area contributed by atoms with Crippen molar-refractivity contribution in [3.63, 3.8) is 0 Å². The summed E-state index contributed by atoms with van der Waals surface area (Å²) in [7, 11) is 0. The molecule has 2 aromatic carbocycles. The van der Waals surface area contributed by atoms with Gasteiger partial charge in [-0.2, -0.15) is 0 Å². The van der Waals surface area contributed by atoms with E-state index in [1.165, 1.54) is 6.07 Å². The second-order valence-electron chi connectivity index (χ2n) is 5.03. The highest BCUT2D eigenvalue weighted by molar-refractivity contribution is 5.38. The second kappa shape index (κ2) is 7.20. The van der Waals surface area contributed by atoms with Gasteiger partial charge in [0.05, 0.1) is 12.6 Å². The van der Waals surface area contributed by atoms with Crippen molar-refractivity contribution in [1.82, 2.24) is 5.43 Å². The molecule has 0 radical (unpaired) electrons. The third kappa shape index (κ3) is 3.80. The topological polar surface area (TPSA) is 47.3 Å². The minimum Gasteiger partial charge on any atom is -0.494 e. The SMILES string of the molecule is CCCOc1cccc(C(NN)c2ccc(F)c(C)c2)c1. The summed E-state index contributed by atoms with van der Waals surface area (Å²) in [5, 5.41) is 0. The molecular weight excluding hydrogens is 267 g/mol. The molecule has 3 nitrogen and oxygen atoms in total. The quantitative estimate of drug-likeness (QED) is 0.632. The molecule has 1 unspecified atom stereocenters. The molecule has 2 rings (SSSR count). The van der Waals surface area contributed by atoms with Gasteiger partial charge in [-0.05, 0) is 48.2 Å². The number of ether oxygens (including phenoxy) is 1. The van der Waals surface area contributed by atoms with Crippen LogP contribution in [-0.4, -0.2) is 6.61 Å². The maximum Gasteiger partial charge on any atom is 0.126 e. The smallest absolute Gasteiger partial charge is 0.126 e. The fourth-order valence-electron chi connectivity index (χ4n) is 2.24. The minimum atomic E-state index is -0.213. The van der Waals surface area contributed by atoms with Crippen molar-refractivity contribution in [3.05, 3.63) is 65.0 Å². The predicted molar refractivity (Wildman–Crippen MR) is 82.5 cm³/mol. The van der Waals surface area contributed by atoms with Crippen LogP contribution in [0.5, 0.6) is 5.75 Å². The fraction of sp³-hybridized carbons (Fsp3) is 0.294. The lowest BCUT2D eigenvalue weighted by Gasteiger charge is -2.18. The van der Waals surface area contributed by atoms with E-state index in [0.29, 0.717) is 12.2 Å². The van der Waals surface area contributed by atoms with E-state index >= 15 is 0 Å². The minimum absolute atomic E-state index is 0.200. The number of nitrogens with one attached hydrogen (secondary N) is 1. The van der Waals surface area contributed by atoms with Gasteiger partial charge < -0.3 is 4.74 Å². The number of hydrazine groups is 1. The Morgan fingerprint density at radius 3 is 2.62 bits per heavy atom. The van der Waals surface area contributed by atoms with Crippen LogP contribution in [0.1, 0.15) is 36.1 Å². The van der Waals surface area contributed by atoms with Crippen LogP contribution >= 0.6 is 0 Å². The van der Waals surface area contributed by atoms with Crippen LogP contribution in [-0.2, 0) is 0 Å². The molecule has 0 aliphatic heterocycles. The average molecular weight is 288 g/mol. The number of rotatable bonds is 6. The fourth-order valence-corrected chi connectivity index (χ4v) is 2.24. The van der Waals surface area contributed by atoms with Crippen molar-refractivity contribution in [2.75, 3.05) is 6.61 Å². The van der Waals surface area contributed by atoms with Gasteiger partial charge in [0.1, 0.15) is 11.6 Å². The Morgan fingerprint density at radius 2 is 1.95 bits per heavy atom. The molecule has 0 aromatic heterocycles. The van der Waals surface area contributed by atoms with Crippen LogP contribution in [0.15, 0.2) is 42.5 Å². The lowest BCUT2D eigenvalue weighted by atomic mass is 9.97. The molecule has 0 saturated heterocycles. The van der Waals surface area contributed by atoms with Gasteiger partial charge in [0.2, 0.25) is 0 Å². The molecule has 0 aliphatic rings. The normalized spacial score (nSPS) is 12.2. The number of hydrogen-bond acceptors (Lipinski definition) is 3. The first-order valence-corrected chi connectivity index (χ1v) is 7.10. The summed E-state index contributed by atoms with van der Waals surface area (Å²) in [6, 6.07) is 12.6. The molecule has 0 spiro atoms.